The van der Waals surface area contributed by atoms with Crippen molar-refractivity contribution >= 4 is 11.3 Å². The van der Waals surface area contributed by atoms with E-state index < -0.39 is 0 Å². The van der Waals surface area contributed by atoms with Crippen LogP contribution in [0.1, 0.15) is 43.5 Å². The first-order valence-corrected chi connectivity index (χ1v) is 8.36. The van der Waals surface area contributed by atoms with E-state index in [4.69, 9.17) is 9.47 Å². The molecule has 1 aromatic heterocycles. The molecule has 21 heavy (non-hydrogen) atoms. The fourth-order valence-electron chi connectivity index (χ4n) is 2.54. The number of nitrogens with one attached hydrogen (secondary N) is 1. The van der Waals surface area contributed by atoms with E-state index in [1.54, 1.807) is 11.3 Å². The van der Waals surface area contributed by atoms with E-state index in [-0.39, 0.29) is 6.04 Å². The Morgan fingerprint density at radius 3 is 2.52 bits per heavy atom. The van der Waals surface area contributed by atoms with Crippen LogP contribution < -0.4 is 14.8 Å². The van der Waals surface area contributed by atoms with Crippen molar-refractivity contribution in [2.75, 3.05) is 13.2 Å². The summed E-state index contributed by atoms with van der Waals surface area (Å²) in [5.41, 5.74) is 2.56. The molecule has 0 aliphatic carbocycles. The standard InChI is InChI=1S/C17H21NO2S/c1-12(18-13(2)15-6-9-21-11-15)14-4-5-16-17(10-14)20-8-3-7-19-16/h4-6,9-13,18H,3,7-8H2,1-2H3. The Balaban J connectivity index is 1.72. The van der Waals surface area contributed by atoms with Crippen molar-refractivity contribution in [3.05, 3.63) is 46.2 Å². The summed E-state index contributed by atoms with van der Waals surface area (Å²) in [5.74, 6) is 1.72. The molecule has 3 rings (SSSR count). The highest BCUT2D eigenvalue weighted by Gasteiger charge is 2.15. The second-order valence-electron chi connectivity index (χ2n) is 5.42. The highest BCUT2D eigenvalue weighted by molar-refractivity contribution is 7.07. The largest absolute Gasteiger partial charge is 0.490 e. The molecule has 2 atom stereocenters. The molecule has 0 fully saturated rings. The molecule has 112 valence electrons. The minimum absolute atomic E-state index is 0.261. The highest BCUT2D eigenvalue weighted by Crippen LogP contribution is 2.32. The third-order valence-corrected chi connectivity index (χ3v) is 4.52. The van der Waals surface area contributed by atoms with Gasteiger partial charge in [0.1, 0.15) is 0 Å². The molecule has 1 N–H and O–H groups in total. The number of fused-ring (bicyclic) bond motifs is 1. The van der Waals surface area contributed by atoms with E-state index in [1.807, 2.05) is 6.07 Å². The molecule has 0 saturated heterocycles. The summed E-state index contributed by atoms with van der Waals surface area (Å²) < 4.78 is 11.4. The summed E-state index contributed by atoms with van der Waals surface area (Å²) in [6, 6.07) is 9.00. The molecule has 1 aromatic carbocycles. The van der Waals surface area contributed by atoms with Crippen LogP contribution in [0.3, 0.4) is 0 Å². The van der Waals surface area contributed by atoms with Crippen LogP contribution >= 0.6 is 11.3 Å². The lowest BCUT2D eigenvalue weighted by Gasteiger charge is -2.21. The smallest absolute Gasteiger partial charge is 0.161 e. The summed E-state index contributed by atoms with van der Waals surface area (Å²) in [6.45, 7) is 5.84. The van der Waals surface area contributed by atoms with Crippen LogP contribution in [-0.4, -0.2) is 13.2 Å². The molecule has 0 bridgehead atoms. The lowest BCUT2D eigenvalue weighted by atomic mass is 10.1. The van der Waals surface area contributed by atoms with Crippen LogP contribution in [-0.2, 0) is 0 Å². The Hall–Kier alpha value is -1.52. The zero-order valence-corrected chi connectivity index (χ0v) is 13.3. The Labute approximate surface area is 129 Å². The molecular formula is C17H21NO2S. The van der Waals surface area contributed by atoms with Crippen molar-refractivity contribution in [1.82, 2.24) is 5.32 Å². The molecule has 0 amide bonds. The average Bonchev–Trinajstić information content (AvgIpc) is 2.92. The minimum atomic E-state index is 0.261. The zero-order chi connectivity index (χ0) is 14.7. The third-order valence-electron chi connectivity index (χ3n) is 3.81. The number of rotatable bonds is 4. The minimum Gasteiger partial charge on any atom is -0.490 e. The maximum atomic E-state index is 5.77. The lowest BCUT2D eigenvalue weighted by molar-refractivity contribution is 0.297. The molecule has 1 aliphatic heterocycles. The van der Waals surface area contributed by atoms with E-state index in [0.29, 0.717) is 6.04 Å². The third kappa shape index (κ3) is 3.39. The van der Waals surface area contributed by atoms with Crippen LogP contribution in [0.25, 0.3) is 0 Å². The van der Waals surface area contributed by atoms with E-state index in [9.17, 15) is 0 Å². The highest BCUT2D eigenvalue weighted by atomic mass is 32.1. The quantitative estimate of drug-likeness (QED) is 0.912. The van der Waals surface area contributed by atoms with Gasteiger partial charge >= 0.3 is 0 Å². The van der Waals surface area contributed by atoms with E-state index >= 15 is 0 Å². The van der Waals surface area contributed by atoms with Gasteiger partial charge in [0.05, 0.1) is 13.2 Å². The number of thiophene rings is 1. The van der Waals surface area contributed by atoms with Gasteiger partial charge in [0, 0.05) is 18.5 Å². The van der Waals surface area contributed by atoms with Gasteiger partial charge in [-0.3, -0.25) is 0 Å². The monoisotopic (exact) mass is 303 g/mol. The first-order valence-electron chi connectivity index (χ1n) is 7.42. The Morgan fingerprint density at radius 2 is 1.76 bits per heavy atom. The van der Waals surface area contributed by atoms with Gasteiger partial charge in [-0.25, -0.2) is 0 Å². The topological polar surface area (TPSA) is 30.5 Å². The molecule has 2 unspecified atom stereocenters. The summed E-state index contributed by atoms with van der Waals surface area (Å²) in [6.07, 6.45) is 0.938. The van der Waals surface area contributed by atoms with Crippen LogP contribution in [0.4, 0.5) is 0 Å². The van der Waals surface area contributed by atoms with Gasteiger partial charge in [-0.1, -0.05) is 6.07 Å². The van der Waals surface area contributed by atoms with Gasteiger partial charge < -0.3 is 14.8 Å². The second kappa shape index (κ2) is 6.50. The van der Waals surface area contributed by atoms with Gasteiger partial charge in [-0.15, -0.1) is 0 Å². The van der Waals surface area contributed by atoms with Crippen molar-refractivity contribution in [2.45, 2.75) is 32.4 Å². The molecular weight excluding hydrogens is 282 g/mol. The van der Waals surface area contributed by atoms with Crippen molar-refractivity contribution in [2.24, 2.45) is 0 Å². The van der Waals surface area contributed by atoms with Crippen molar-refractivity contribution in [3.63, 3.8) is 0 Å². The molecule has 0 spiro atoms. The van der Waals surface area contributed by atoms with Crippen molar-refractivity contribution < 1.29 is 9.47 Å². The fraction of sp³-hybridized carbons (Fsp3) is 0.412. The lowest BCUT2D eigenvalue weighted by Crippen LogP contribution is -2.22. The number of ether oxygens (including phenoxy) is 2. The van der Waals surface area contributed by atoms with Gasteiger partial charge in [0.2, 0.25) is 0 Å². The molecule has 2 heterocycles. The molecule has 0 radical (unpaired) electrons. The molecule has 2 aromatic rings. The van der Waals surface area contributed by atoms with Crippen LogP contribution in [0.2, 0.25) is 0 Å². The van der Waals surface area contributed by atoms with E-state index in [1.165, 1.54) is 11.1 Å². The van der Waals surface area contributed by atoms with Gasteiger partial charge in [-0.05, 0) is 53.9 Å². The van der Waals surface area contributed by atoms with Crippen molar-refractivity contribution in [1.29, 1.82) is 0 Å². The summed E-state index contributed by atoms with van der Waals surface area (Å²) in [5, 5.41) is 7.94. The number of hydrogen-bond donors (Lipinski definition) is 1. The Kier molecular flexibility index (Phi) is 4.46. The molecule has 1 aliphatic rings. The average molecular weight is 303 g/mol. The van der Waals surface area contributed by atoms with E-state index in [2.05, 4.69) is 48.1 Å². The molecule has 4 heteroatoms. The summed E-state index contributed by atoms with van der Waals surface area (Å²) in [7, 11) is 0. The second-order valence-corrected chi connectivity index (χ2v) is 6.20. The van der Waals surface area contributed by atoms with Gasteiger partial charge in [0.15, 0.2) is 11.5 Å². The SMILES string of the molecule is CC(NC(C)c1ccc2c(c1)OCCCO2)c1ccsc1. The number of benzene rings is 1. The van der Waals surface area contributed by atoms with E-state index in [0.717, 1.165) is 31.1 Å². The zero-order valence-electron chi connectivity index (χ0n) is 12.5. The first kappa shape index (κ1) is 14.4. The number of hydrogen-bond acceptors (Lipinski definition) is 4. The maximum absolute atomic E-state index is 5.77. The first-order chi connectivity index (χ1) is 10.2. The summed E-state index contributed by atoms with van der Waals surface area (Å²) in [4.78, 5) is 0. The van der Waals surface area contributed by atoms with Gasteiger partial charge in [0.25, 0.3) is 0 Å². The fourth-order valence-corrected chi connectivity index (χ4v) is 3.29. The maximum Gasteiger partial charge on any atom is 0.161 e. The Morgan fingerprint density at radius 1 is 1.00 bits per heavy atom. The predicted molar refractivity (Wildman–Crippen MR) is 86.3 cm³/mol. The van der Waals surface area contributed by atoms with Crippen LogP contribution in [0.15, 0.2) is 35.0 Å². The van der Waals surface area contributed by atoms with Crippen LogP contribution in [0, 0.1) is 0 Å². The van der Waals surface area contributed by atoms with Gasteiger partial charge in [-0.2, -0.15) is 11.3 Å². The normalized spacial score (nSPS) is 17.0. The van der Waals surface area contributed by atoms with Crippen molar-refractivity contribution in [3.8, 4) is 11.5 Å². The molecule has 0 saturated carbocycles. The van der Waals surface area contributed by atoms with Crippen LogP contribution in [0.5, 0.6) is 11.5 Å². The predicted octanol–water partition coefficient (Wildman–Crippen LogP) is 4.32. The summed E-state index contributed by atoms with van der Waals surface area (Å²) >= 11 is 1.74. The molecule has 3 nitrogen and oxygen atoms in total. The Bertz CT molecular complexity index is 582.